The van der Waals surface area contributed by atoms with Crippen molar-refractivity contribution in [3.05, 3.63) is 84.9 Å². The fourth-order valence-electron chi connectivity index (χ4n) is 3.63. The predicted octanol–water partition coefficient (Wildman–Crippen LogP) is 6.57. The van der Waals surface area contributed by atoms with Gasteiger partial charge in [-0.15, -0.1) is 10.2 Å². The second-order valence-corrected chi connectivity index (χ2v) is 8.90. The molecular weight excluding hydrogens is 574 g/mol. The van der Waals surface area contributed by atoms with Gasteiger partial charge in [-0.3, -0.25) is 25.0 Å². The van der Waals surface area contributed by atoms with Crippen LogP contribution in [0.5, 0.6) is 5.75 Å². The Morgan fingerprint density at radius 2 is 1.85 bits per heavy atom. The lowest BCUT2D eigenvalue weighted by Gasteiger charge is -2.27. The number of methoxy groups -OCH3 is 1. The number of nitrogens with zero attached hydrogens (tertiary/aromatic N) is 6. The van der Waals surface area contributed by atoms with Crippen LogP contribution in [0.3, 0.4) is 0 Å². The lowest BCUT2D eigenvalue weighted by molar-refractivity contribution is -0.393. The van der Waals surface area contributed by atoms with E-state index >= 15 is 0 Å². The van der Waals surface area contributed by atoms with Crippen LogP contribution in [0.15, 0.2) is 69.3 Å². The number of non-ortho nitro benzene ring substituents is 1. The summed E-state index contributed by atoms with van der Waals surface area (Å²) in [6, 6.07) is 16.7. The van der Waals surface area contributed by atoms with E-state index in [2.05, 4.69) is 37.5 Å². The minimum Gasteiger partial charge on any atom is -0.494 e. The smallest absolute Gasteiger partial charge is 0.304 e. The van der Waals surface area contributed by atoms with Gasteiger partial charge >= 0.3 is 5.69 Å². The van der Waals surface area contributed by atoms with Gasteiger partial charge in [0.15, 0.2) is 5.69 Å². The summed E-state index contributed by atoms with van der Waals surface area (Å²) in [7, 11) is 1.45. The van der Waals surface area contributed by atoms with E-state index in [1.165, 1.54) is 20.1 Å². The molecule has 0 radical (unpaired) electrons. The Morgan fingerprint density at radius 1 is 1.13 bits per heavy atom. The van der Waals surface area contributed by atoms with Gasteiger partial charge in [-0.25, -0.2) is 0 Å². The van der Waals surface area contributed by atoms with Crippen LogP contribution < -0.4 is 15.0 Å². The van der Waals surface area contributed by atoms with Crippen LogP contribution in [0.25, 0.3) is 0 Å². The van der Waals surface area contributed by atoms with E-state index in [4.69, 9.17) is 4.74 Å². The highest BCUT2D eigenvalue weighted by molar-refractivity contribution is 9.10. The first-order valence-electron chi connectivity index (χ1n) is 11.3. The Morgan fingerprint density at radius 3 is 2.44 bits per heavy atom. The topological polar surface area (TPSA) is 176 Å². The molecule has 39 heavy (non-hydrogen) atoms. The zero-order chi connectivity index (χ0) is 28.5. The molecule has 14 heteroatoms. The van der Waals surface area contributed by atoms with Crippen LogP contribution in [0.4, 0.5) is 34.1 Å². The predicted molar refractivity (Wildman–Crippen MR) is 147 cm³/mol. The van der Waals surface area contributed by atoms with Crippen molar-refractivity contribution in [3.8, 4) is 11.8 Å². The van der Waals surface area contributed by atoms with E-state index in [0.717, 1.165) is 17.7 Å². The van der Waals surface area contributed by atoms with Crippen molar-refractivity contribution in [3.63, 3.8) is 0 Å². The molecule has 0 bridgehead atoms. The highest BCUT2D eigenvalue weighted by Crippen LogP contribution is 2.43. The number of nitriles is 1. The minimum absolute atomic E-state index is 0.0117. The molecule has 0 aliphatic carbocycles. The number of rotatable bonds is 11. The van der Waals surface area contributed by atoms with Crippen molar-refractivity contribution in [1.82, 2.24) is 0 Å². The van der Waals surface area contributed by atoms with Gasteiger partial charge in [0.1, 0.15) is 11.4 Å². The molecule has 0 fully saturated rings. The summed E-state index contributed by atoms with van der Waals surface area (Å²) < 4.78 is 5.58. The summed E-state index contributed by atoms with van der Waals surface area (Å²) in [6.07, 6.45) is 0.227. The quantitative estimate of drug-likeness (QED) is 0.147. The fourth-order valence-corrected chi connectivity index (χ4v) is 4.15. The lowest BCUT2D eigenvalue weighted by atomic mass is 10.1. The maximum atomic E-state index is 12.0. The Hall–Kier alpha value is -4.90. The first-order chi connectivity index (χ1) is 18.6. The lowest BCUT2D eigenvalue weighted by Crippen LogP contribution is -2.24. The fraction of sp³-hybridized carbons (Fsp3) is 0.200. The average molecular weight is 596 g/mol. The summed E-state index contributed by atoms with van der Waals surface area (Å²) in [5, 5.41) is 42.7. The number of carbonyl (C=O) groups is 1. The van der Waals surface area contributed by atoms with E-state index in [-0.39, 0.29) is 28.0 Å². The molecule has 1 amide bonds. The van der Waals surface area contributed by atoms with E-state index in [1.54, 1.807) is 6.07 Å². The molecule has 200 valence electrons. The van der Waals surface area contributed by atoms with Crippen LogP contribution in [0, 0.1) is 31.6 Å². The van der Waals surface area contributed by atoms with Gasteiger partial charge in [-0.1, -0.05) is 30.3 Å². The number of hydrogen-bond acceptors (Lipinski definition) is 10. The summed E-state index contributed by atoms with van der Waals surface area (Å²) in [5.41, 5.74) is 0.535. The average Bonchev–Trinajstić information content (AvgIpc) is 2.90. The number of nitrogens with one attached hydrogen (secondary N) is 1. The Balaban J connectivity index is 2.13. The number of carbonyl (C=O) groups excluding carboxylic acids is 1. The Bertz CT molecular complexity index is 1470. The molecule has 0 saturated heterocycles. The number of amides is 1. The van der Waals surface area contributed by atoms with Gasteiger partial charge in [0.05, 0.1) is 51.4 Å². The molecule has 3 aromatic carbocycles. The van der Waals surface area contributed by atoms with Gasteiger partial charge < -0.3 is 15.0 Å². The van der Waals surface area contributed by atoms with E-state index in [0.29, 0.717) is 24.5 Å². The van der Waals surface area contributed by atoms with Crippen molar-refractivity contribution in [2.24, 2.45) is 10.2 Å². The third-order valence-corrected chi connectivity index (χ3v) is 5.96. The zero-order valence-electron chi connectivity index (χ0n) is 20.8. The number of nitro groups is 2. The SMILES string of the molecule is COc1cc(N=Nc2c(Br)cc([N+](=O)[O-])cc2[N+](=O)[O-])c(NC(C)=O)cc1N(CCC#N)Cc1ccccc1. The molecule has 0 heterocycles. The minimum atomic E-state index is -0.804. The maximum Gasteiger partial charge on any atom is 0.304 e. The van der Waals surface area contributed by atoms with Gasteiger partial charge in [0.25, 0.3) is 5.69 Å². The highest BCUT2D eigenvalue weighted by atomic mass is 79.9. The standard InChI is InChI=1S/C25H22BrN7O6/c1-16(34)28-20-13-22(31(10-6-9-27)15-17-7-4-3-5-8-17)24(39-2)14-21(20)29-30-25-19(26)11-18(32(35)36)12-23(25)33(37)38/h3-5,7-8,11-14H,6,10,15H2,1-2H3,(H,28,34). The van der Waals surface area contributed by atoms with Gasteiger partial charge in [0, 0.05) is 32.1 Å². The number of hydrogen-bond donors (Lipinski definition) is 1. The number of benzene rings is 3. The third-order valence-electron chi connectivity index (χ3n) is 5.35. The molecule has 0 atom stereocenters. The van der Waals surface area contributed by atoms with Crippen LogP contribution in [0.2, 0.25) is 0 Å². The molecular formula is C25H22BrN7O6. The van der Waals surface area contributed by atoms with Gasteiger partial charge in [0.2, 0.25) is 5.91 Å². The van der Waals surface area contributed by atoms with Gasteiger partial charge in [-0.05, 0) is 27.6 Å². The molecule has 0 aliphatic rings. The molecule has 3 rings (SSSR count). The summed E-state index contributed by atoms with van der Waals surface area (Å²) >= 11 is 3.09. The van der Waals surface area contributed by atoms with E-state index < -0.39 is 27.1 Å². The van der Waals surface area contributed by atoms with Crippen LogP contribution >= 0.6 is 15.9 Å². The largest absolute Gasteiger partial charge is 0.494 e. The highest BCUT2D eigenvalue weighted by Gasteiger charge is 2.24. The van der Waals surface area contributed by atoms with Gasteiger partial charge in [-0.2, -0.15) is 5.26 Å². The Kier molecular flexibility index (Phi) is 9.60. The normalized spacial score (nSPS) is 10.6. The first kappa shape index (κ1) is 28.7. The molecule has 0 saturated carbocycles. The van der Waals surface area contributed by atoms with Crippen molar-refractivity contribution in [1.29, 1.82) is 5.26 Å². The van der Waals surface area contributed by atoms with E-state index in [1.807, 2.05) is 35.2 Å². The number of anilines is 2. The summed E-state index contributed by atoms with van der Waals surface area (Å²) in [4.78, 5) is 35.1. The zero-order valence-corrected chi connectivity index (χ0v) is 22.4. The second kappa shape index (κ2) is 13.1. The van der Waals surface area contributed by atoms with Crippen LogP contribution in [-0.2, 0) is 11.3 Å². The third kappa shape index (κ3) is 7.33. The van der Waals surface area contributed by atoms with E-state index in [9.17, 15) is 30.3 Å². The molecule has 1 N–H and O–H groups in total. The maximum absolute atomic E-state index is 12.0. The second-order valence-electron chi connectivity index (χ2n) is 8.05. The first-order valence-corrected chi connectivity index (χ1v) is 12.1. The number of halogens is 1. The monoisotopic (exact) mass is 595 g/mol. The molecule has 0 unspecified atom stereocenters. The number of ether oxygens (including phenoxy) is 1. The van der Waals surface area contributed by atoms with Crippen molar-refractivity contribution >= 4 is 56.0 Å². The van der Waals surface area contributed by atoms with Crippen molar-refractivity contribution in [2.75, 3.05) is 23.9 Å². The Labute approximate surface area is 231 Å². The van der Waals surface area contributed by atoms with Crippen molar-refractivity contribution < 1.29 is 19.4 Å². The molecule has 13 nitrogen and oxygen atoms in total. The number of azo groups is 1. The molecule has 0 aromatic heterocycles. The summed E-state index contributed by atoms with van der Waals surface area (Å²) in [6.45, 7) is 2.12. The van der Waals surface area contributed by atoms with Crippen LogP contribution in [0.1, 0.15) is 18.9 Å². The molecule has 0 spiro atoms. The number of nitro benzene ring substituents is 2. The summed E-state index contributed by atoms with van der Waals surface area (Å²) in [5.74, 6) is -0.0547. The molecule has 3 aromatic rings. The van der Waals surface area contributed by atoms with Crippen molar-refractivity contribution in [2.45, 2.75) is 19.9 Å². The van der Waals surface area contributed by atoms with Crippen LogP contribution in [-0.4, -0.2) is 29.4 Å². The molecule has 0 aliphatic heterocycles.